The number of hydrogen-bond acceptors (Lipinski definition) is 6. The molecule has 0 heterocycles. The second-order valence-electron chi connectivity index (χ2n) is 6.26. The van der Waals surface area contributed by atoms with Crippen LogP contribution in [0.2, 0.25) is 39.3 Å². The van der Waals surface area contributed by atoms with Crippen LogP contribution in [0.4, 0.5) is 0 Å². The van der Waals surface area contributed by atoms with E-state index in [1.54, 1.807) is 12.4 Å². The minimum absolute atomic E-state index is 0.341. The molecule has 0 N–H and O–H groups in total. The third kappa shape index (κ3) is 10.1. The molecular weight excluding hydrogens is 292 g/mol. The zero-order chi connectivity index (χ0) is 15.8. The lowest BCUT2D eigenvalue weighted by molar-refractivity contribution is 0.125. The zero-order valence-corrected chi connectivity index (χ0v) is 15.8. The van der Waals surface area contributed by atoms with Crippen molar-refractivity contribution >= 4 is 29.1 Å². The summed E-state index contributed by atoms with van der Waals surface area (Å²) < 4.78 is 12.2. The van der Waals surface area contributed by atoms with Crippen LogP contribution in [0.1, 0.15) is 0 Å². The van der Waals surface area contributed by atoms with Gasteiger partial charge in [-0.2, -0.15) is 0 Å². The van der Waals surface area contributed by atoms with Crippen LogP contribution in [0.25, 0.3) is 0 Å². The molecular formula is C12H28N2O4Si2. The molecule has 0 rings (SSSR count). The second kappa shape index (κ2) is 8.55. The standard InChI is InChI=1S/C12H28N2O4Si2/c1-15-13-9-11(17-19(3,4)5)12(10-14-16-2)18-20(6,7)8/h9-12H,1-8H3/b13-9+,14-10+. The van der Waals surface area contributed by atoms with Gasteiger partial charge in [-0.05, 0) is 39.3 Å². The summed E-state index contributed by atoms with van der Waals surface area (Å²) in [5.41, 5.74) is 0. The van der Waals surface area contributed by atoms with E-state index in [9.17, 15) is 0 Å². The zero-order valence-electron chi connectivity index (χ0n) is 13.8. The lowest BCUT2D eigenvalue weighted by Crippen LogP contribution is -2.46. The minimum atomic E-state index is -1.76. The molecule has 8 heteroatoms. The Labute approximate surface area is 124 Å². The molecule has 0 aromatic heterocycles. The van der Waals surface area contributed by atoms with E-state index >= 15 is 0 Å². The highest BCUT2D eigenvalue weighted by atomic mass is 28.4. The summed E-state index contributed by atoms with van der Waals surface area (Å²) in [6.07, 6.45) is 2.55. The smallest absolute Gasteiger partial charge is 0.184 e. The fourth-order valence-corrected chi connectivity index (χ4v) is 3.45. The van der Waals surface area contributed by atoms with E-state index in [4.69, 9.17) is 18.5 Å². The average molecular weight is 321 g/mol. The van der Waals surface area contributed by atoms with Crippen molar-refractivity contribution in [3.05, 3.63) is 0 Å². The quantitative estimate of drug-likeness (QED) is 0.372. The topological polar surface area (TPSA) is 61.6 Å². The molecule has 20 heavy (non-hydrogen) atoms. The fourth-order valence-electron chi connectivity index (χ4n) is 1.42. The van der Waals surface area contributed by atoms with E-state index in [0.29, 0.717) is 0 Å². The van der Waals surface area contributed by atoms with E-state index in [1.165, 1.54) is 14.2 Å². The average Bonchev–Trinajstić information content (AvgIpc) is 2.27. The maximum absolute atomic E-state index is 6.10. The van der Waals surface area contributed by atoms with Gasteiger partial charge >= 0.3 is 0 Å². The Morgan fingerprint density at radius 2 is 1.00 bits per heavy atom. The van der Waals surface area contributed by atoms with Crippen LogP contribution in [-0.2, 0) is 18.5 Å². The van der Waals surface area contributed by atoms with Gasteiger partial charge in [-0.1, -0.05) is 10.3 Å². The van der Waals surface area contributed by atoms with E-state index in [0.717, 1.165) is 0 Å². The van der Waals surface area contributed by atoms with Gasteiger partial charge in [-0.15, -0.1) is 0 Å². The molecule has 0 spiro atoms. The third-order valence-corrected chi connectivity index (χ3v) is 3.89. The van der Waals surface area contributed by atoms with Crippen molar-refractivity contribution in [3.63, 3.8) is 0 Å². The van der Waals surface area contributed by atoms with Crippen LogP contribution in [0, 0.1) is 0 Å². The Morgan fingerprint density at radius 3 is 1.20 bits per heavy atom. The molecule has 0 aromatic rings. The van der Waals surface area contributed by atoms with Crippen LogP contribution in [0.5, 0.6) is 0 Å². The first-order chi connectivity index (χ1) is 9.09. The van der Waals surface area contributed by atoms with Crippen molar-refractivity contribution in [2.75, 3.05) is 14.2 Å². The second-order valence-corrected chi connectivity index (χ2v) is 15.2. The van der Waals surface area contributed by atoms with Gasteiger partial charge in [0.05, 0.1) is 12.4 Å². The van der Waals surface area contributed by atoms with Gasteiger partial charge in [-0.3, -0.25) is 0 Å². The van der Waals surface area contributed by atoms with E-state index < -0.39 is 16.6 Å². The highest BCUT2D eigenvalue weighted by molar-refractivity contribution is 6.70. The number of oxime groups is 2. The lowest BCUT2D eigenvalue weighted by Gasteiger charge is -2.31. The SMILES string of the molecule is CO/N=C/C(O[Si](C)(C)C)C(/C=N/OC)O[Si](C)(C)C. The lowest BCUT2D eigenvalue weighted by atomic mass is 10.2. The molecule has 6 nitrogen and oxygen atoms in total. The number of nitrogens with zero attached hydrogens (tertiary/aromatic N) is 2. The third-order valence-electron chi connectivity index (χ3n) is 1.93. The van der Waals surface area contributed by atoms with Crippen LogP contribution < -0.4 is 0 Å². The summed E-state index contributed by atoms with van der Waals surface area (Å²) in [5, 5.41) is 7.64. The summed E-state index contributed by atoms with van der Waals surface area (Å²) in [5.74, 6) is 0. The van der Waals surface area contributed by atoms with Gasteiger partial charge in [-0.25, -0.2) is 0 Å². The molecule has 2 unspecified atom stereocenters. The number of hydrogen-bond donors (Lipinski definition) is 0. The summed E-state index contributed by atoms with van der Waals surface area (Å²) >= 11 is 0. The van der Waals surface area contributed by atoms with Gasteiger partial charge in [0.1, 0.15) is 26.4 Å². The predicted molar refractivity (Wildman–Crippen MR) is 87.4 cm³/mol. The maximum atomic E-state index is 6.10. The Balaban J connectivity index is 5.16. The predicted octanol–water partition coefficient (Wildman–Crippen LogP) is 2.69. The van der Waals surface area contributed by atoms with Crippen molar-refractivity contribution < 1.29 is 18.5 Å². The van der Waals surface area contributed by atoms with Gasteiger partial charge in [0, 0.05) is 0 Å². The minimum Gasteiger partial charge on any atom is -0.407 e. The molecule has 118 valence electrons. The molecule has 0 bridgehead atoms. The largest absolute Gasteiger partial charge is 0.407 e. The first-order valence-corrected chi connectivity index (χ1v) is 13.4. The summed E-state index contributed by atoms with van der Waals surface area (Å²) in [6, 6.07) is 0. The van der Waals surface area contributed by atoms with E-state index in [-0.39, 0.29) is 12.2 Å². The molecule has 0 radical (unpaired) electrons. The Morgan fingerprint density at radius 1 is 0.700 bits per heavy atom. The van der Waals surface area contributed by atoms with Crippen molar-refractivity contribution in [1.82, 2.24) is 0 Å². The van der Waals surface area contributed by atoms with Crippen LogP contribution in [-0.4, -0.2) is 55.5 Å². The Bertz CT molecular complexity index is 292. The molecule has 0 aliphatic heterocycles. The van der Waals surface area contributed by atoms with Crippen LogP contribution >= 0.6 is 0 Å². The molecule has 0 amide bonds. The van der Waals surface area contributed by atoms with Crippen LogP contribution in [0.3, 0.4) is 0 Å². The number of rotatable bonds is 9. The summed E-state index contributed by atoms with van der Waals surface area (Å²) in [4.78, 5) is 9.51. The van der Waals surface area contributed by atoms with E-state index in [1.807, 2.05) is 0 Å². The monoisotopic (exact) mass is 320 g/mol. The Hall–Kier alpha value is -0.706. The van der Waals surface area contributed by atoms with Crippen molar-refractivity contribution in [1.29, 1.82) is 0 Å². The normalized spacial score (nSPS) is 16.6. The molecule has 0 saturated heterocycles. The highest BCUT2D eigenvalue weighted by Gasteiger charge is 2.30. The van der Waals surface area contributed by atoms with Gasteiger partial charge in [0.25, 0.3) is 0 Å². The molecule has 2 atom stereocenters. The highest BCUT2D eigenvalue weighted by Crippen LogP contribution is 2.15. The molecule has 0 fully saturated rings. The molecule has 0 aliphatic carbocycles. The summed E-state index contributed by atoms with van der Waals surface area (Å²) in [6.45, 7) is 12.7. The van der Waals surface area contributed by atoms with Gasteiger partial charge in [0.15, 0.2) is 16.6 Å². The maximum Gasteiger partial charge on any atom is 0.184 e. The fraction of sp³-hybridized carbons (Fsp3) is 0.833. The van der Waals surface area contributed by atoms with Gasteiger partial charge < -0.3 is 18.5 Å². The van der Waals surface area contributed by atoms with Gasteiger partial charge in [0.2, 0.25) is 0 Å². The molecule has 0 aliphatic rings. The summed E-state index contributed by atoms with van der Waals surface area (Å²) in [7, 11) is -0.524. The van der Waals surface area contributed by atoms with Crippen molar-refractivity contribution in [2.24, 2.45) is 10.3 Å². The van der Waals surface area contributed by atoms with Crippen molar-refractivity contribution in [3.8, 4) is 0 Å². The van der Waals surface area contributed by atoms with E-state index in [2.05, 4.69) is 49.6 Å². The van der Waals surface area contributed by atoms with Crippen LogP contribution in [0.15, 0.2) is 10.3 Å². The molecule has 0 saturated carbocycles. The molecule has 0 aromatic carbocycles. The first-order valence-electron chi connectivity index (χ1n) is 6.58. The van der Waals surface area contributed by atoms with Crippen molar-refractivity contribution in [2.45, 2.75) is 51.5 Å². The first kappa shape index (κ1) is 19.3. The Kier molecular flexibility index (Phi) is 8.25.